The van der Waals surface area contributed by atoms with Gasteiger partial charge in [-0.05, 0) is 29.7 Å². The third kappa shape index (κ3) is 4.19. The van der Waals surface area contributed by atoms with E-state index in [1.54, 1.807) is 0 Å². The van der Waals surface area contributed by atoms with Crippen LogP contribution in [-0.4, -0.2) is 36.2 Å². The maximum absolute atomic E-state index is 8.99. The van der Waals surface area contributed by atoms with Crippen molar-refractivity contribution >= 4 is 0 Å². The highest BCUT2D eigenvalue weighted by molar-refractivity contribution is 5.63. The van der Waals surface area contributed by atoms with Crippen LogP contribution in [0.3, 0.4) is 0 Å². The molecule has 2 heteroatoms. The summed E-state index contributed by atoms with van der Waals surface area (Å²) < 4.78 is 0. The van der Waals surface area contributed by atoms with Crippen LogP contribution in [-0.2, 0) is 6.42 Å². The zero-order valence-electron chi connectivity index (χ0n) is 12.1. The Balaban J connectivity index is 1.95. The average Bonchev–Trinajstić information content (AvgIpc) is 2.53. The fourth-order valence-corrected chi connectivity index (χ4v) is 2.35. The average molecular weight is 269 g/mol. The van der Waals surface area contributed by atoms with Crippen molar-refractivity contribution in [3.63, 3.8) is 0 Å². The molecule has 1 N–H and O–H groups in total. The molecule has 0 fully saturated rings. The highest BCUT2D eigenvalue weighted by Gasteiger charge is 2.02. The van der Waals surface area contributed by atoms with Gasteiger partial charge in [0, 0.05) is 13.1 Å². The molecule has 2 aromatic rings. The quantitative estimate of drug-likeness (QED) is 0.834. The molecule has 0 aliphatic heterocycles. The number of hydrogen-bond acceptors (Lipinski definition) is 2. The number of aliphatic hydroxyl groups excluding tert-OH is 1. The zero-order chi connectivity index (χ0) is 14.2. The second-order valence-corrected chi connectivity index (χ2v) is 4.97. The first-order valence-corrected chi connectivity index (χ1v) is 7.31. The van der Waals surface area contributed by atoms with Crippen molar-refractivity contribution < 1.29 is 5.11 Å². The molecule has 0 amide bonds. The molecule has 0 aliphatic rings. The molecule has 0 bridgehead atoms. The van der Waals surface area contributed by atoms with Crippen LogP contribution in [0.2, 0.25) is 0 Å². The molecule has 2 nitrogen and oxygen atoms in total. The Morgan fingerprint density at radius 1 is 0.850 bits per heavy atom. The zero-order valence-corrected chi connectivity index (χ0v) is 12.1. The first-order valence-electron chi connectivity index (χ1n) is 7.31. The van der Waals surface area contributed by atoms with Gasteiger partial charge in [0.2, 0.25) is 0 Å². The SMILES string of the molecule is CCN(CCO)CCc1ccc(-c2ccccc2)cc1. The van der Waals surface area contributed by atoms with Crippen molar-refractivity contribution in [2.45, 2.75) is 13.3 Å². The minimum Gasteiger partial charge on any atom is -0.395 e. The summed E-state index contributed by atoms with van der Waals surface area (Å²) in [7, 11) is 0. The standard InChI is InChI=1S/C18H23NO/c1-2-19(14-15-20)13-12-16-8-10-18(11-9-16)17-6-4-3-5-7-17/h3-11,20H,2,12-15H2,1H3. The lowest BCUT2D eigenvalue weighted by Crippen LogP contribution is -2.28. The van der Waals surface area contributed by atoms with Gasteiger partial charge < -0.3 is 10.0 Å². The number of benzene rings is 2. The minimum atomic E-state index is 0.237. The Hall–Kier alpha value is -1.64. The van der Waals surface area contributed by atoms with Crippen molar-refractivity contribution in [3.05, 3.63) is 60.2 Å². The van der Waals surface area contributed by atoms with Gasteiger partial charge in [0.1, 0.15) is 0 Å². The van der Waals surface area contributed by atoms with E-state index in [1.165, 1.54) is 16.7 Å². The fourth-order valence-electron chi connectivity index (χ4n) is 2.35. The molecule has 0 aliphatic carbocycles. The van der Waals surface area contributed by atoms with Gasteiger partial charge in [-0.2, -0.15) is 0 Å². The van der Waals surface area contributed by atoms with Gasteiger partial charge >= 0.3 is 0 Å². The lowest BCUT2D eigenvalue weighted by molar-refractivity contribution is 0.203. The summed E-state index contributed by atoms with van der Waals surface area (Å²) in [4.78, 5) is 2.27. The topological polar surface area (TPSA) is 23.5 Å². The molecular formula is C18H23NO. The van der Waals surface area contributed by atoms with E-state index < -0.39 is 0 Å². The summed E-state index contributed by atoms with van der Waals surface area (Å²) in [5.74, 6) is 0. The molecule has 0 spiro atoms. The molecule has 2 rings (SSSR count). The van der Waals surface area contributed by atoms with Gasteiger partial charge in [-0.15, -0.1) is 0 Å². The third-order valence-electron chi connectivity index (χ3n) is 3.64. The van der Waals surface area contributed by atoms with Crippen molar-refractivity contribution in [1.29, 1.82) is 0 Å². The number of aliphatic hydroxyl groups is 1. The van der Waals surface area contributed by atoms with Crippen LogP contribution >= 0.6 is 0 Å². The Labute approximate surface area is 121 Å². The van der Waals surface area contributed by atoms with Gasteiger partial charge in [-0.1, -0.05) is 61.5 Å². The molecule has 106 valence electrons. The highest BCUT2D eigenvalue weighted by Crippen LogP contribution is 2.19. The molecule has 0 saturated carbocycles. The van der Waals surface area contributed by atoms with E-state index in [2.05, 4.69) is 60.4 Å². The third-order valence-corrected chi connectivity index (χ3v) is 3.64. The predicted molar refractivity (Wildman–Crippen MR) is 84.8 cm³/mol. The Morgan fingerprint density at radius 2 is 1.50 bits per heavy atom. The van der Waals surface area contributed by atoms with Gasteiger partial charge in [-0.3, -0.25) is 0 Å². The second-order valence-electron chi connectivity index (χ2n) is 4.97. The van der Waals surface area contributed by atoms with Gasteiger partial charge in [0.05, 0.1) is 6.61 Å². The normalized spacial score (nSPS) is 10.9. The molecule has 0 atom stereocenters. The Morgan fingerprint density at radius 3 is 2.10 bits per heavy atom. The molecule has 20 heavy (non-hydrogen) atoms. The van der Waals surface area contributed by atoms with Crippen LogP contribution in [0.4, 0.5) is 0 Å². The van der Waals surface area contributed by atoms with Gasteiger partial charge in [0.15, 0.2) is 0 Å². The monoisotopic (exact) mass is 269 g/mol. The maximum Gasteiger partial charge on any atom is 0.0558 e. The molecule has 0 radical (unpaired) electrons. The number of nitrogens with zero attached hydrogens (tertiary/aromatic N) is 1. The van der Waals surface area contributed by atoms with E-state index >= 15 is 0 Å². The van der Waals surface area contributed by atoms with Crippen LogP contribution < -0.4 is 0 Å². The first-order chi connectivity index (χ1) is 9.83. The molecule has 0 aromatic heterocycles. The van der Waals surface area contributed by atoms with E-state index in [0.717, 1.165) is 26.1 Å². The Kier molecular flexibility index (Phi) is 5.78. The smallest absolute Gasteiger partial charge is 0.0558 e. The van der Waals surface area contributed by atoms with Crippen molar-refractivity contribution in [3.8, 4) is 11.1 Å². The van der Waals surface area contributed by atoms with Crippen LogP contribution in [0.1, 0.15) is 12.5 Å². The highest BCUT2D eigenvalue weighted by atomic mass is 16.3. The van der Waals surface area contributed by atoms with E-state index in [-0.39, 0.29) is 6.61 Å². The number of likely N-dealkylation sites (N-methyl/N-ethyl adjacent to an activating group) is 1. The van der Waals surface area contributed by atoms with Gasteiger partial charge in [-0.25, -0.2) is 0 Å². The molecule has 0 heterocycles. The van der Waals surface area contributed by atoms with Gasteiger partial charge in [0.25, 0.3) is 0 Å². The molecule has 0 unspecified atom stereocenters. The summed E-state index contributed by atoms with van der Waals surface area (Å²) >= 11 is 0. The molecule has 2 aromatic carbocycles. The molecule has 0 saturated heterocycles. The van der Waals surface area contributed by atoms with E-state index in [9.17, 15) is 0 Å². The molecular weight excluding hydrogens is 246 g/mol. The lowest BCUT2D eigenvalue weighted by atomic mass is 10.0. The van der Waals surface area contributed by atoms with Crippen molar-refractivity contribution in [2.75, 3.05) is 26.2 Å². The first kappa shape index (κ1) is 14.8. The number of hydrogen-bond donors (Lipinski definition) is 1. The summed E-state index contributed by atoms with van der Waals surface area (Å²) in [6.45, 7) is 5.12. The second kappa shape index (κ2) is 7.83. The summed E-state index contributed by atoms with van der Waals surface area (Å²) in [6, 6.07) is 19.2. The summed E-state index contributed by atoms with van der Waals surface area (Å²) in [6.07, 6.45) is 1.03. The summed E-state index contributed by atoms with van der Waals surface area (Å²) in [5.41, 5.74) is 3.87. The van der Waals surface area contributed by atoms with Crippen molar-refractivity contribution in [1.82, 2.24) is 4.90 Å². The summed E-state index contributed by atoms with van der Waals surface area (Å²) in [5, 5.41) is 8.99. The number of rotatable bonds is 7. The largest absolute Gasteiger partial charge is 0.395 e. The van der Waals surface area contributed by atoms with Crippen LogP contribution in [0.15, 0.2) is 54.6 Å². The van der Waals surface area contributed by atoms with Crippen LogP contribution in [0.5, 0.6) is 0 Å². The van der Waals surface area contributed by atoms with E-state index in [0.29, 0.717) is 0 Å². The fraction of sp³-hybridized carbons (Fsp3) is 0.333. The van der Waals surface area contributed by atoms with Crippen LogP contribution in [0, 0.1) is 0 Å². The minimum absolute atomic E-state index is 0.237. The van der Waals surface area contributed by atoms with Crippen LogP contribution in [0.25, 0.3) is 11.1 Å². The lowest BCUT2D eigenvalue weighted by Gasteiger charge is -2.18. The maximum atomic E-state index is 8.99. The van der Waals surface area contributed by atoms with E-state index in [4.69, 9.17) is 5.11 Å². The van der Waals surface area contributed by atoms with E-state index in [1.807, 2.05) is 6.07 Å². The predicted octanol–water partition coefficient (Wildman–Crippen LogP) is 3.21. The van der Waals surface area contributed by atoms with Crippen molar-refractivity contribution in [2.24, 2.45) is 0 Å². The Bertz CT molecular complexity index is 493.